The molecule has 0 aliphatic rings. The van der Waals surface area contributed by atoms with Crippen LogP contribution in [0.15, 0.2) is 0 Å². The van der Waals surface area contributed by atoms with Gasteiger partial charge in [0, 0.05) is 12.0 Å². The van der Waals surface area contributed by atoms with Crippen LogP contribution in [0.2, 0.25) is 0 Å². The molecule has 2 aromatic carbocycles. The number of nitrogens with two attached hydrogens (primary N) is 1. The number of carbonyl (C=O) groups excluding carboxylic acids is 1. The Morgan fingerprint density at radius 2 is 1.00 bits per heavy atom. The van der Waals surface area contributed by atoms with Gasteiger partial charge in [0.1, 0.15) is 0 Å². The van der Waals surface area contributed by atoms with Crippen molar-refractivity contribution in [2.24, 2.45) is 5.73 Å². The van der Waals surface area contributed by atoms with E-state index in [9.17, 15) is 55.5 Å². The molecule has 0 aromatic heterocycles. The number of aromatic hydroxyl groups is 9. The molecule has 0 atom stereocenters. The Hall–Kier alpha value is -4.42. The molecule has 34 heavy (non-hydrogen) atoms. The summed E-state index contributed by atoms with van der Waals surface area (Å²) in [5.74, 6) is -11.2. The first-order valence-electron chi connectivity index (χ1n) is 9.95. The SMILES string of the molecule is CCCCCc1c(O)c(O)c(-c2c(O)c(O)c(O)c(O)c2O)c(O)c1O.NC(=O)CCC(=O)O. The van der Waals surface area contributed by atoms with Gasteiger partial charge in [0.2, 0.25) is 23.2 Å². The molecule has 12 N–H and O–H groups in total. The van der Waals surface area contributed by atoms with Gasteiger partial charge in [0.15, 0.2) is 34.5 Å². The molecule has 0 heterocycles. The first-order valence-corrected chi connectivity index (χ1v) is 9.95. The summed E-state index contributed by atoms with van der Waals surface area (Å²) < 4.78 is 0. The van der Waals surface area contributed by atoms with Crippen LogP contribution in [0, 0.1) is 0 Å². The van der Waals surface area contributed by atoms with E-state index in [0.29, 0.717) is 6.42 Å². The Kier molecular flexibility index (Phi) is 9.30. The minimum atomic E-state index is -1.24. The van der Waals surface area contributed by atoms with Crippen molar-refractivity contribution >= 4 is 11.9 Å². The smallest absolute Gasteiger partial charge is 0.303 e. The van der Waals surface area contributed by atoms with Gasteiger partial charge in [-0.1, -0.05) is 19.8 Å². The maximum absolute atomic E-state index is 10.2. The summed E-state index contributed by atoms with van der Waals surface area (Å²) in [4.78, 5) is 19.6. The number of hydrogen-bond acceptors (Lipinski definition) is 11. The van der Waals surface area contributed by atoms with Gasteiger partial charge < -0.3 is 56.8 Å². The molecular weight excluding hydrogens is 458 g/mol. The van der Waals surface area contributed by atoms with Gasteiger partial charge in [-0.15, -0.1) is 0 Å². The Bertz CT molecular complexity index is 1010. The second kappa shape index (κ2) is 11.4. The van der Waals surface area contributed by atoms with Crippen LogP contribution in [0.25, 0.3) is 11.1 Å². The van der Waals surface area contributed by atoms with Gasteiger partial charge in [-0.2, -0.15) is 0 Å². The zero-order valence-electron chi connectivity index (χ0n) is 18.1. The third-order valence-corrected chi connectivity index (χ3v) is 4.73. The van der Waals surface area contributed by atoms with E-state index in [4.69, 9.17) is 5.11 Å². The van der Waals surface area contributed by atoms with Crippen LogP contribution in [0.1, 0.15) is 44.6 Å². The summed E-state index contributed by atoms with van der Waals surface area (Å²) in [7, 11) is 0. The lowest BCUT2D eigenvalue weighted by atomic mass is 9.94. The third kappa shape index (κ3) is 5.88. The van der Waals surface area contributed by atoms with Crippen LogP contribution in [0.4, 0.5) is 0 Å². The lowest BCUT2D eigenvalue weighted by Crippen LogP contribution is -2.12. The van der Waals surface area contributed by atoms with Crippen molar-refractivity contribution in [2.75, 3.05) is 0 Å². The minimum absolute atomic E-state index is 0.0741. The topological polar surface area (TPSA) is 262 Å². The highest BCUT2D eigenvalue weighted by Crippen LogP contribution is 2.61. The molecule has 0 saturated carbocycles. The molecule has 2 rings (SSSR count). The quantitative estimate of drug-likeness (QED) is 0.145. The molecule has 0 bridgehead atoms. The molecule has 0 fully saturated rings. The highest BCUT2D eigenvalue weighted by molar-refractivity contribution is 5.93. The van der Waals surface area contributed by atoms with Crippen LogP contribution in [-0.2, 0) is 16.0 Å². The molecule has 0 aliphatic carbocycles. The maximum atomic E-state index is 10.2. The number of primary amides is 1. The zero-order valence-corrected chi connectivity index (χ0v) is 18.1. The highest BCUT2D eigenvalue weighted by Gasteiger charge is 2.32. The number of phenols is 9. The number of benzene rings is 2. The molecule has 0 spiro atoms. The number of unbranched alkanes of at least 4 members (excludes halogenated alkanes) is 2. The molecule has 1 amide bonds. The van der Waals surface area contributed by atoms with Crippen molar-refractivity contribution in [1.29, 1.82) is 0 Å². The van der Waals surface area contributed by atoms with Crippen molar-refractivity contribution in [3.63, 3.8) is 0 Å². The number of carboxylic acid groups (broad SMARTS) is 1. The normalized spacial score (nSPS) is 10.4. The lowest BCUT2D eigenvalue weighted by molar-refractivity contribution is -0.138. The van der Waals surface area contributed by atoms with Gasteiger partial charge in [-0.25, -0.2) is 0 Å². The Morgan fingerprint density at radius 3 is 1.32 bits per heavy atom. The van der Waals surface area contributed by atoms with E-state index in [1.165, 1.54) is 0 Å². The van der Waals surface area contributed by atoms with Gasteiger partial charge >= 0.3 is 5.97 Å². The molecule has 188 valence electrons. The standard InChI is InChI=1S/C17H20O9.C4H7NO3/c1-2-3-4-5-6-9(18)11(20)7(12(21)10(6)19)8-13(22)15(24)17(26)16(25)14(8)23;5-3(6)1-2-4(7)8/h18-26H,2-5H2,1H3;1-2H2,(H2,5,6)(H,7,8). The number of rotatable bonds is 8. The molecular formula is C21H27NO12. The molecule has 0 saturated heterocycles. The van der Waals surface area contributed by atoms with Crippen LogP contribution >= 0.6 is 0 Å². The lowest BCUT2D eigenvalue weighted by Gasteiger charge is -2.18. The van der Waals surface area contributed by atoms with Crippen LogP contribution in [0.5, 0.6) is 51.7 Å². The van der Waals surface area contributed by atoms with E-state index in [1.54, 1.807) is 0 Å². The van der Waals surface area contributed by atoms with Crippen molar-refractivity contribution in [2.45, 2.75) is 45.4 Å². The number of amides is 1. The van der Waals surface area contributed by atoms with Crippen molar-refractivity contribution in [1.82, 2.24) is 0 Å². The maximum Gasteiger partial charge on any atom is 0.303 e. The Labute approximate surface area is 192 Å². The van der Waals surface area contributed by atoms with E-state index < -0.39 is 74.7 Å². The fourth-order valence-corrected chi connectivity index (χ4v) is 2.92. The number of carboxylic acids is 1. The van der Waals surface area contributed by atoms with Crippen LogP contribution < -0.4 is 5.73 Å². The van der Waals surface area contributed by atoms with E-state index in [2.05, 4.69) is 5.73 Å². The fourth-order valence-electron chi connectivity index (χ4n) is 2.92. The monoisotopic (exact) mass is 485 g/mol. The number of phenolic OH excluding ortho intramolecular Hbond substituents is 9. The zero-order chi connectivity index (χ0) is 26.3. The summed E-state index contributed by atoms with van der Waals surface area (Å²) in [5, 5.41) is 97.2. The van der Waals surface area contributed by atoms with Crippen molar-refractivity contribution in [3.05, 3.63) is 5.56 Å². The number of aliphatic carboxylic acids is 1. The average Bonchev–Trinajstić information content (AvgIpc) is 2.78. The minimum Gasteiger partial charge on any atom is -0.504 e. The second-order valence-electron chi connectivity index (χ2n) is 7.18. The van der Waals surface area contributed by atoms with Gasteiger partial charge in [-0.3, -0.25) is 9.59 Å². The summed E-state index contributed by atoms with van der Waals surface area (Å²) >= 11 is 0. The predicted octanol–water partition coefficient (Wildman–Crippen LogP) is 1.77. The molecule has 13 nitrogen and oxygen atoms in total. The largest absolute Gasteiger partial charge is 0.504 e. The third-order valence-electron chi connectivity index (χ3n) is 4.73. The van der Waals surface area contributed by atoms with Gasteiger partial charge in [0.05, 0.1) is 17.5 Å². The highest BCUT2D eigenvalue weighted by atomic mass is 16.4. The first-order chi connectivity index (χ1) is 15.8. The van der Waals surface area contributed by atoms with E-state index >= 15 is 0 Å². The van der Waals surface area contributed by atoms with Crippen molar-refractivity contribution in [3.8, 4) is 62.9 Å². The number of hydrogen-bond donors (Lipinski definition) is 11. The summed E-state index contributed by atoms with van der Waals surface area (Å²) in [5.41, 5.74) is 2.78. The molecule has 0 unspecified atom stereocenters. The molecule has 13 heteroatoms. The first kappa shape index (κ1) is 27.6. The summed E-state index contributed by atoms with van der Waals surface area (Å²) in [6.45, 7) is 1.94. The molecule has 2 aromatic rings. The summed E-state index contributed by atoms with van der Waals surface area (Å²) in [6.07, 6.45) is 2.06. The fraction of sp³-hybridized carbons (Fsp3) is 0.333. The molecule has 0 aliphatic heterocycles. The average molecular weight is 485 g/mol. The second-order valence-corrected chi connectivity index (χ2v) is 7.18. The number of carbonyl (C=O) groups is 2. The van der Waals surface area contributed by atoms with Crippen LogP contribution in [0.3, 0.4) is 0 Å². The Morgan fingerprint density at radius 1 is 0.618 bits per heavy atom. The summed E-state index contributed by atoms with van der Waals surface area (Å²) in [6, 6.07) is 0. The predicted molar refractivity (Wildman–Crippen MR) is 116 cm³/mol. The van der Waals surface area contributed by atoms with Gasteiger partial charge in [-0.05, 0) is 12.8 Å². The van der Waals surface area contributed by atoms with E-state index in [-0.39, 0.29) is 24.8 Å². The van der Waals surface area contributed by atoms with E-state index in [1.807, 2.05) is 6.92 Å². The van der Waals surface area contributed by atoms with Gasteiger partial charge in [0.25, 0.3) is 0 Å². The Balaban J connectivity index is 0.000000620. The van der Waals surface area contributed by atoms with E-state index in [0.717, 1.165) is 12.8 Å². The van der Waals surface area contributed by atoms with Crippen molar-refractivity contribution < 1.29 is 60.7 Å². The molecule has 0 radical (unpaired) electrons. The van der Waals surface area contributed by atoms with Crippen LogP contribution in [-0.4, -0.2) is 62.9 Å².